The number of carbonyl (C=O) groups is 1. The Balaban J connectivity index is 1.57. The Labute approximate surface area is 290 Å². The second kappa shape index (κ2) is 14.4. The maximum Gasteiger partial charge on any atom is 0.338 e. The quantitative estimate of drug-likeness (QED) is 0.145. The zero-order chi connectivity index (χ0) is 33.8. The van der Waals surface area contributed by atoms with Gasteiger partial charge in [-0.2, -0.15) is 5.26 Å². The number of hydrogen-bond donors (Lipinski definition) is 0. The molecule has 1 aromatic heterocycles. The van der Waals surface area contributed by atoms with Crippen molar-refractivity contribution in [1.82, 2.24) is 4.57 Å². The lowest BCUT2D eigenvalue weighted by molar-refractivity contribution is -0.139. The van der Waals surface area contributed by atoms with Crippen molar-refractivity contribution in [2.45, 2.75) is 39.3 Å². The van der Waals surface area contributed by atoms with Gasteiger partial charge in [0.15, 0.2) is 4.80 Å². The molecular formula is C38H32BrN3O5S. The second-order valence-electron chi connectivity index (χ2n) is 11.1. The van der Waals surface area contributed by atoms with Gasteiger partial charge in [0.1, 0.15) is 24.1 Å². The van der Waals surface area contributed by atoms with E-state index in [1.165, 1.54) is 11.3 Å². The van der Waals surface area contributed by atoms with E-state index in [-0.39, 0.29) is 18.8 Å². The fraction of sp³-hybridized carbons (Fsp3) is 0.211. The van der Waals surface area contributed by atoms with Gasteiger partial charge in [-0.05, 0) is 60.5 Å². The molecule has 6 rings (SSSR count). The zero-order valence-corrected chi connectivity index (χ0v) is 29.1. The Morgan fingerprint density at radius 1 is 1.06 bits per heavy atom. The molecule has 5 aromatic rings. The van der Waals surface area contributed by atoms with E-state index in [4.69, 9.17) is 19.2 Å². The first-order valence-corrected chi connectivity index (χ1v) is 17.2. The smallest absolute Gasteiger partial charge is 0.338 e. The van der Waals surface area contributed by atoms with E-state index in [1.807, 2.05) is 79.7 Å². The number of aromatic nitrogens is 1. The van der Waals surface area contributed by atoms with Crippen molar-refractivity contribution in [2.24, 2.45) is 4.99 Å². The summed E-state index contributed by atoms with van der Waals surface area (Å²) in [5, 5.41) is 11.3. The molecule has 2 heterocycles. The molecule has 1 atom stereocenters. The summed E-state index contributed by atoms with van der Waals surface area (Å²) in [4.78, 5) is 33.8. The van der Waals surface area contributed by atoms with Gasteiger partial charge in [0, 0.05) is 21.2 Å². The van der Waals surface area contributed by atoms with Crippen LogP contribution in [0.15, 0.2) is 104 Å². The molecule has 0 fully saturated rings. The second-order valence-corrected chi connectivity index (χ2v) is 13.0. The van der Waals surface area contributed by atoms with Crippen molar-refractivity contribution in [1.29, 1.82) is 5.26 Å². The first-order chi connectivity index (χ1) is 23.4. The SMILES string of the molecule is CCCC1=C(C(=O)OCC)[C@H](c2c(OC)ccc3ccccc23)n2c(s/c(=C\c3cc(Br)ccc3OCc3ccccc3C#N)c2=O)=N1. The lowest BCUT2D eigenvalue weighted by Crippen LogP contribution is -2.40. The van der Waals surface area contributed by atoms with Gasteiger partial charge in [-0.3, -0.25) is 9.36 Å². The highest BCUT2D eigenvalue weighted by Gasteiger charge is 2.37. The Morgan fingerprint density at radius 2 is 1.83 bits per heavy atom. The average Bonchev–Trinajstić information content (AvgIpc) is 3.41. The van der Waals surface area contributed by atoms with Gasteiger partial charge in [0.25, 0.3) is 5.56 Å². The molecule has 0 radical (unpaired) electrons. The summed E-state index contributed by atoms with van der Waals surface area (Å²) >= 11 is 4.81. The first-order valence-electron chi connectivity index (χ1n) is 15.6. The molecule has 0 saturated heterocycles. The summed E-state index contributed by atoms with van der Waals surface area (Å²) in [6.07, 6.45) is 3.05. The standard InChI is InChI=1S/C38H32BrN3O5S/c1-4-10-29-34(37(44)46-5-2)35(33-28-14-9-8-11-23(28)15-17-31(33)45-3)42-36(43)32(48-38(42)41-29)20-26-19-27(39)16-18-30(26)47-22-25-13-7-6-12-24(25)21-40/h6-9,11-20,35H,4-5,10,22H2,1-3H3/b32-20-/t35-/m0/s1. The monoisotopic (exact) mass is 721 g/mol. The number of ether oxygens (including phenoxy) is 3. The largest absolute Gasteiger partial charge is 0.496 e. The Hall–Kier alpha value is -4.98. The third-order valence-corrected chi connectivity index (χ3v) is 9.57. The number of nitriles is 1. The first kappa shape index (κ1) is 32.9. The summed E-state index contributed by atoms with van der Waals surface area (Å²) < 4.78 is 20.5. The molecule has 0 aliphatic carbocycles. The van der Waals surface area contributed by atoms with Crippen LogP contribution in [0.3, 0.4) is 0 Å². The molecule has 1 aliphatic rings. The van der Waals surface area contributed by atoms with E-state index in [0.29, 0.717) is 55.2 Å². The normalized spacial score (nSPS) is 14.3. The number of halogens is 1. The third-order valence-electron chi connectivity index (χ3n) is 8.10. The van der Waals surface area contributed by atoms with Crippen LogP contribution in [0.5, 0.6) is 11.5 Å². The van der Waals surface area contributed by atoms with Crippen LogP contribution in [-0.2, 0) is 16.1 Å². The summed E-state index contributed by atoms with van der Waals surface area (Å²) in [5.74, 6) is 0.579. The van der Waals surface area contributed by atoms with Crippen LogP contribution in [-0.4, -0.2) is 24.3 Å². The average molecular weight is 723 g/mol. The fourth-order valence-corrected chi connectivity index (χ4v) is 7.33. The summed E-state index contributed by atoms with van der Waals surface area (Å²) in [6.45, 7) is 4.14. The molecule has 10 heteroatoms. The van der Waals surface area contributed by atoms with Crippen LogP contribution in [0.25, 0.3) is 16.8 Å². The zero-order valence-electron chi connectivity index (χ0n) is 26.7. The number of benzene rings is 4. The highest BCUT2D eigenvalue weighted by Crippen LogP contribution is 2.41. The molecule has 0 unspecified atom stereocenters. The maximum atomic E-state index is 14.6. The van der Waals surface area contributed by atoms with E-state index in [2.05, 4.69) is 22.0 Å². The molecular weight excluding hydrogens is 690 g/mol. The van der Waals surface area contributed by atoms with Crippen molar-refractivity contribution in [3.8, 4) is 17.6 Å². The van der Waals surface area contributed by atoms with E-state index < -0.39 is 12.0 Å². The van der Waals surface area contributed by atoms with Crippen LogP contribution in [0.4, 0.5) is 0 Å². The van der Waals surface area contributed by atoms with Gasteiger partial charge >= 0.3 is 5.97 Å². The number of allylic oxidation sites excluding steroid dienone is 1. The Morgan fingerprint density at radius 3 is 2.60 bits per heavy atom. The summed E-state index contributed by atoms with van der Waals surface area (Å²) in [7, 11) is 1.59. The Kier molecular flexibility index (Phi) is 9.90. The van der Waals surface area contributed by atoms with Crippen LogP contribution >= 0.6 is 27.3 Å². The fourth-order valence-electron chi connectivity index (χ4n) is 5.95. The summed E-state index contributed by atoms with van der Waals surface area (Å²) in [6, 6.07) is 25.9. The van der Waals surface area contributed by atoms with E-state index in [0.717, 1.165) is 27.2 Å². The topological polar surface area (TPSA) is 103 Å². The van der Waals surface area contributed by atoms with E-state index in [1.54, 1.807) is 30.7 Å². The highest BCUT2D eigenvalue weighted by molar-refractivity contribution is 9.10. The number of carbonyl (C=O) groups excluding carboxylic acids is 1. The molecule has 0 spiro atoms. The third kappa shape index (κ3) is 6.31. The lowest BCUT2D eigenvalue weighted by atomic mass is 9.90. The number of esters is 1. The van der Waals surface area contributed by atoms with Crippen molar-refractivity contribution >= 4 is 50.1 Å². The molecule has 242 valence electrons. The number of thiazole rings is 1. The number of rotatable bonds is 10. The molecule has 0 bridgehead atoms. The van der Waals surface area contributed by atoms with Gasteiger partial charge in [-0.15, -0.1) is 0 Å². The minimum absolute atomic E-state index is 0.177. The number of nitrogens with zero attached hydrogens (tertiary/aromatic N) is 3. The van der Waals surface area contributed by atoms with E-state index in [9.17, 15) is 14.9 Å². The lowest BCUT2D eigenvalue weighted by Gasteiger charge is -2.28. The van der Waals surface area contributed by atoms with Gasteiger partial charge in [-0.1, -0.05) is 89.1 Å². The van der Waals surface area contributed by atoms with Gasteiger partial charge in [0.05, 0.1) is 41.2 Å². The van der Waals surface area contributed by atoms with Gasteiger partial charge < -0.3 is 14.2 Å². The van der Waals surface area contributed by atoms with Crippen molar-refractivity contribution in [3.05, 3.63) is 137 Å². The van der Waals surface area contributed by atoms with Crippen LogP contribution in [0, 0.1) is 11.3 Å². The van der Waals surface area contributed by atoms with E-state index >= 15 is 0 Å². The highest BCUT2D eigenvalue weighted by atomic mass is 79.9. The van der Waals surface area contributed by atoms with Crippen LogP contribution < -0.4 is 24.4 Å². The number of hydrogen-bond acceptors (Lipinski definition) is 8. The van der Waals surface area contributed by atoms with Crippen molar-refractivity contribution in [2.75, 3.05) is 13.7 Å². The number of methoxy groups -OCH3 is 1. The van der Waals surface area contributed by atoms with Crippen molar-refractivity contribution < 1.29 is 19.0 Å². The molecule has 48 heavy (non-hydrogen) atoms. The maximum absolute atomic E-state index is 14.6. The minimum atomic E-state index is -0.842. The summed E-state index contributed by atoms with van der Waals surface area (Å²) in [5.41, 5.74) is 3.26. The van der Waals surface area contributed by atoms with Crippen molar-refractivity contribution in [3.63, 3.8) is 0 Å². The number of fused-ring (bicyclic) bond motifs is 2. The molecule has 1 aliphatic heterocycles. The van der Waals surface area contributed by atoms with Gasteiger partial charge in [0.2, 0.25) is 0 Å². The van der Waals surface area contributed by atoms with Crippen LogP contribution in [0.2, 0.25) is 0 Å². The molecule has 8 nitrogen and oxygen atoms in total. The minimum Gasteiger partial charge on any atom is -0.496 e. The predicted molar refractivity (Wildman–Crippen MR) is 190 cm³/mol. The molecule has 0 saturated carbocycles. The Bertz CT molecular complexity index is 2300. The van der Waals surface area contributed by atoms with Crippen LogP contribution in [0.1, 0.15) is 55.0 Å². The molecule has 4 aromatic carbocycles. The van der Waals surface area contributed by atoms with Gasteiger partial charge in [-0.25, -0.2) is 9.79 Å². The molecule has 0 N–H and O–H groups in total. The molecule has 0 amide bonds. The predicted octanol–water partition coefficient (Wildman–Crippen LogP) is 6.95.